The quantitative estimate of drug-likeness (QED) is 0.795. The van der Waals surface area contributed by atoms with E-state index in [1.807, 2.05) is 31.3 Å². The van der Waals surface area contributed by atoms with Gasteiger partial charge in [-0.25, -0.2) is 0 Å². The van der Waals surface area contributed by atoms with Gasteiger partial charge in [0.15, 0.2) is 0 Å². The average Bonchev–Trinajstić information content (AvgIpc) is 2.89. The first-order valence-electron chi connectivity index (χ1n) is 8.23. The number of hydrogen-bond donors (Lipinski definition) is 3. The number of carbonyl (C=O) groups is 2. The molecule has 1 aromatic carbocycles. The van der Waals surface area contributed by atoms with E-state index in [1.54, 1.807) is 6.20 Å². The van der Waals surface area contributed by atoms with Crippen LogP contribution >= 0.6 is 0 Å². The predicted octanol–water partition coefficient (Wildman–Crippen LogP) is 1.96. The molecule has 1 aliphatic carbocycles. The Morgan fingerprint density at radius 1 is 1.26 bits per heavy atom. The molecule has 23 heavy (non-hydrogen) atoms. The van der Waals surface area contributed by atoms with Gasteiger partial charge in [-0.15, -0.1) is 0 Å². The van der Waals surface area contributed by atoms with Gasteiger partial charge < -0.3 is 16.0 Å². The van der Waals surface area contributed by atoms with Crippen LogP contribution in [0.3, 0.4) is 0 Å². The SMILES string of the molecule is CNCc1ccc(NC(=O)C2=CNC3CCCCC(=O)C23)cc1. The van der Waals surface area contributed by atoms with E-state index in [-0.39, 0.29) is 23.7 Å². The van der Waals surface area contributed by atoms with Gasteiger partial charge in [-0.05, 0) is 37.6 Å². The summed E-state index contributed by atoms with van der Waals surface area (Å²) in [6.45, 7) is 0.793. The molecule has 5 nitrogen and oxygen atoms in total. The lowest BCUT2D eigenvalue weighted by molar-refractivity contribution is -0.123. The fourth-order valence-corrected chi connectivity index (χ4v) is 3.39. The highest BCUT2D eigenvalue weighted by Crippen LogP contribution is 2.31. The van der Waals surface area contributed by atoms with Crippen LogP contribution in [0.4, 0.5) is 5.69 Å². The smallest absolute Gasteiger partial charge is 0.253 e. The van der Waals surface area contributed by atoms with Crippen molar-refractivity contribution in [2.75, 3.05) is 12.4 Å². The molecule has 1 heterocycles. The second-order valence-electron chi connectivity index (χ2n) is 6.24. The summed E-state index contributed by atoms with van der Waals surface area (Å²) in [5, 5.41) is 9.22. The zero-order chi connectivity index (χ0) is 16.2. The Bertz CT molecular complexity index is 622. The van der Waals surface area contributed by atoms with Gasteiger partial charge in [0.2, 0.25) is 0 Å². The molecular formula is C18H23N3O2. The van der Waals surface area contributed by atoms with Crippen LogP contribution in [0.25, 0.3) is 0 Å². The minimum atomic E-state index is -0.291. The molecule has 0 radical (unpaired) electrons. The van der Waals surface area contributed by atoms with Crippen LogP contribution in [-0.4, -0.2) is 24.8 Å². The molecule has 3 rings (SSSR count). The molecule has 1 aliphatic heterocycles. The fraction of sp³-hybridized carbons (Fsp3) is 0.444. The molecule has 2 unspecified atom stereocenters. The van der Waals surface area contributed by atoms with Gasteiger partial charge in [-0.2, -0.15) is 0 Å². The Morgan fingerprint density at radius 2 is 2.04 bits per heavy atom. The van der Waals surface area contributed by atoms with E-state index in [1.165, 1.54) is 0 Å². The Labute approximate surface area is 136 Å². The molecule has 2 atom stereocenters. The van der Waals surface area contributed by atoms with Crippen LogP contribution < -0.4 is 16.0 Å². The lowest BCUT2D eigenvalue weighted by Gasteiger charge is -2.18. The number of fused-ring (bicyclic) bond motifs is 1. The number of hydrogen-bond acceptors (Lipinski definition) is 4. The first-order chi connectivity index (χ1) is 11.2. The van der Waals surface area contributed by atoms with E-state index in [2.05, 4.69) is 16.0 Å². The average molecular weight is 313 g/mol. The molecule has 3 N–H and O–H groups in total. The number of benzene rings is 1. The summed E-state index contributed by atoms with van der Waals surface area (Å²) in [5.74, 6) is -0.286. The Hall–Kier alpha value is -2.14. The van der Waals surface area contributed by atoms with E-state index in [0.717, 1.165) is 37.1 Å². The van der Waals surface area contributed by atoms with Crippen molar-refractivity contribution in [2.45, 2.75) is 38.3 Å². The minimum Gasteiger partial charge on any atom is -0.387 e. The summed E-state index contributed by atoms with van der Waals surface area (Å²) >= 11 is 0. The summed E-state index contributed by atoms with van der Waals surface area (Å²) < 4.78 is 0. The maximum Gasteiger partial charge on any atom is 0.253 e. The highest BCUT2D eigenvalue weighted by molar-refractivity contribution is 6.08. The van der Waals surface area contributed by atoms with Crippen LogP contribution in [0.1, 0.15) is 31.2 Å². The minimum absolute atomic E-state index is 0.0868. The first-order valence-corrected chi connectivity index (χ1v) is 8.23. The van der Waals surface area contributed by atoms with E-state index >= 15 is 0 Å². The standard InChI is InChI=1S/C18H23N3O2/c1-19-10-12-6-8-13(9-7-12)21-18(23)14-11-20-15-4-2-3-5-16(22)17(14)15/h6-9,11,15,17,19-20H,2-5,10H2,1H3,(H,21,23). The van der Waals surface area contributed by atoms with Crippen LogP contribution in [0.2, 0.25) is 0 Å². The maximum absolute atomic E-state index is 12.6. The summed E-state index contributed by atoms with van der Waals surface area (Å²) in [6.07, 6.45) is 5.21. The topological polar surface area (TPSA) is 70.2 Å². The van der Waals surface area contributed by atoms with Crippen molar-refractivity contribution in [1.29, 1.82) is 0 Å². The molecule has 1 aromatic rings. The lowest BCUT2D eigenvalue weighted by atomic mass is 9.89. The Kier molecular flexibility index (Phi) is 4.76. The molecule has 1 amide bonds. The van der Waals surface area contributed by atoms with E-state index < -0.39 is 0 Å². The third-order valence-corrected chi connectivity index (χ3v) is 4.58. The molecular weight excluding hydrogens is 290 g/mol. The van der Waals surface area contributed by atoms with Crippen LogP contribution in [0.15, 0.2) is 36.0 Å². The zero-order valence-corrected chi connectivity index (χ0v) is 13.4. The van der Waals surface area contributed by atoms with Crippen molar-refractivity contribution in [1.82, 2.24) is 10.6 Å². The van der Waals surface area contributed by atoms with Crippen molar-refractivity contribution < 1.29 is 9.59 Å². The predicted molar refractivity (Wildman–Crippen MR) is 89.8 cm³/mol. The van der Waals surface area contributed by atoms with Crippen molar-refractivity contribution in [3.8, 4) is 0 Å². The van der Waals surface area contributed by atoms with Gasteiger partial charge >= 0.3 is 0 Å². The highest BCUT2D eigenvalue weighted by atomic mass is 16.2. The third-order valence-electron chi connectivity index (χ3n) is 4.58. The zero-order valence-electron chi connectivity index (χ0n) is 13.4. The largest absolute Gasteiger partial charge is 0.387 e. The van der Waals surface area contributed by atoms with Gasteiger partial charge in [0.05, 0.1) is 5.92 Å². The number of ketones is 1. The molecule has 1 fully saturated rings. The van der Waals surface area contributed by atoms with Gasteiger partial charge in [-0.3, -0.25) is 9.59 Å². The van der Waals surface area contributed by atoms with Crippen LogP contribution in [0, 0.1) is 5.92 Å². The summed E-state index contributed by atoms with van der Waals surface area (Å²) in [7, 11) is 1.90. The highest BCUT2D eigenvalue weighted by Gasteiger charge is 2.39. The molecule has 2 aliphatic rings. The van der Waals surface area contributed by atoms with E-state index in [0.29, 0.717) is 12.0 Å². The fourth-order valence-electron chi connectivity index (χ4n) is 3.39. The van der Waals surface area contributed by atoms with E-state index in [4.69, 9.17) is 0 Å². The normalized spacial score (nSPS) is 23.5. The third kappa shape index (κ3) is 3.45. The molecule has 0 bridgehead atoms. The monoisotopic (exact) mass is 313 g/mol. The van der Waals surface area contributed by atoms with E-state index in [9.17, 15) is 9.59 Å². The number of Topliss-reactive ketones (excluding diaryl/α,β-unsaturated/α-hetero) is 1. The van der Waals surface area contributed by atoms with Crippen LogP contribution in [0.5, 0.6) is 0 Å². The summed E-state index contributed by atoms with van der Waals surface area (Å²) in [4.78, 5) is 24.9. The molecule has 1 saturated carbocycles. The Balaban J connectivity index is 1.69. The number of anilines is 1. The number of rotatable bonds is 4. The first kappa shape index (κ1) is 15.7. The van der Waals surface area contributed by atoms with Crippen molar-refractivity contribution >= 4 is 17.4 Å². The summed E-state index contributed by atoms with van der Waals surface area (Å²) in [5.41, 5.74) is 2.48. The number of amides is 1. The molecule has 0 aromatic heterocycles. The molecule has 0 saturated heterocycles. The summed E-state index contributed by atoms with van der Waals surface area (Å²) in [6, 6.07) is 7.82. The molecule has 122 valence electrons. The van der Waals surface area contributed by atoms with Crippen molar-refractivity contribution in [3.05, 3.63) is 41.6 Å². The molecule has 0 spiro atoms. The van der Waals surface area contributed by atoms with Gasteiger partial charge in [0, 0.05) is 36.5 Å². The van der Waals surface area contributed by atoms with Crippen molar-refractivity contribution in [3.63, 3.8) is 0 Å². The van der Waals surface area contributed by atoms with Gasteiger partial charge in [-0.1, -0.05) is 18.6 Å². The van der Waals surface area contributed by atoms with Gasteiger partial charge in [0.25, 0.3) is 5.91 Å². The van der Waals surface area contributed by atoms with Crippen molar-refractivity contribution in [2.24, 2.45) is 5.92 Å². The lowest BCUT2D eigenvalue weighted by Crippen LogP contribution is -2.33. The van der Waals surface area contributed by atoms with Gasteiger partial charge in [0.1, 0.15) is 5.78 Å². The van der Waals surface area contributed by atoms with Crippen LogP contribution in [-0.2, 0) is 16.1 Å². The number of nitrogens with one attached hydrogen (secondary N) is 3. The number of carbonyl (C=O) groups excluding carboxylic acids is 2. The Morgan fingerprint density at radius 3 is 2.78 bits per heavy atom. The second kappa shape index (κ2) is 6.96. The maximum atomic E-state index is 12.6. The second-order valence-corrected chi connectivity index (χ2v) is 6.24. The molecule has 5 heteroatoms.